The van der Waals surface area contributed by atoms with E-state index in [4.69, 9.17) is 4.74 Å². The minimum atomic E-state index is -0.924. The molecule has 0 atom stereocenters. The summed E-state index contributed by atoms with van der Waals surface area (Å²) in [5.74, 6) is -0.709. The summed E-state index contributed by atoms with van der Waals surface area (Å²) in [5.41, 5.74) is 1.67. The highest BCUT2D eigenvalue weighted by Crippen LogP contribution is 2.29. The van der Waals surface area contributed by atoms with Gasteiger partial charge in [0.25, 0.3) is 0 Å². The van der Waals surface area contributed by atoms with Gasteiger partial charge in [-0.1, -0.05) is 37.0 Å². The molecule has 5 nitrogen and oxygen atoms in total. The van der Waals surface area contributed by atoms with Gasteiger partial charge in [-0.05, 0) is 38.3 Å². The molecule has 0 aromatic heterocycles. The van der Waals surface area contributed by atoms with Crippen LogP contribution in [-0.2, 0) is 14.3 Å². The van der Waals surface area contributed by atoms with Crippen LogP contribution in [-0.4, -0.2) is 30.3 Å². The van der Waals surface area contributed by atoms with Gasteiger partial charge in [0.1, 0.15) is 5.54 Å². The molecule has 1 amide bonds. The van der Waals surface area contributed by atoms with Crippen LogP contribution in [0, 0.1) is 13.8 Å². The van der Waals surface area contributed by atoms with Crippen LogP contribution < -0.4 is 5.32 Å². The van der Waals surface area contributed by atoms with E-state index < -0.39 is 5.54 Å². The number of hydrogen-bond donors (Lipinski definition) is 1. The second kappa shape index (κ2) is 8.28. The van der Waals surface area contributed by atoms with Crippen molar-refractivity contribution in [2.45, 2.75) is 64.3 Å². The Morgan fingerprint density at radius 2 is 1.76 bits per heavy atom. The molecule has 2 rings (SSSR count). The van der Waals surface area contributed by atoms with Gasteiger partial charge in [-0.25, -0.2) is 4.79 Å². The van der Waals surface area contributed by atoms with Crippen molar-refractivity contribution < 1.29 is 19.1 Å². The Hall–Kier alpha value is -2.17. The minimum absolute atomic E-state index is 0.0490. The summed E-state index contributed by atoms with van der Waals surface area (Å²) in [6, 6.07) is 5.73. The average molecular weight is 345 g/mol. The zero-order chi connectivity index (χ0) is 18.4. The molecule has 5 heteroatoms. The number of ether oxygens (including phenoxy) is 1. The number of benzene rings is 1. The third-order valence-electron chi connectivity index (χ3n) is 4.93. The van der Waals surface area contributed by atoms with Gasteiger partial charge < -0.3 is 10.1 Å². The molecule has 1 aromatic rings. The molecule has 0 saturated heterocycles. The van der Waals surface area contributed by atoms with Crippen LogP contribution in [0.2, 0.25) is 0 Å². The summed E-state index contributed by atoms with van der Waals surface area (Å²) in [4.78, 5) is 36.9. The van der Waals surface area contributed by atoms with Crippen molar-refractivity contribution in [3.8, 4) is 0 Å². The first-order valence-corrected chi connectivity index (χ1v) is 8.88. The van der Waals surface area contributed by atoms with Crippen LogP contribution >= 0.6 is 0 Å². The highest BCUT2D eigenvalue weighted by atomic mass is 16.5. The van der Waals surface area contributed by atoms with E-state index in [1.54, 1.807) is 0 Å². The zero-order valence-electron chi connectivity index (χ0n) is 15.3. The van der Waals surface area contributed by atoms with Crippen molar-refractivity contribution in [1.29, 1.82) is 0 Å². The van der Waals surface area contributed by atoms with Crippen LogP contribution in [0.15, 0.2) is 18.2 Å². The van der Waals surface area contributed by atoms with Crippen LogP contribution in [0.25, 0.3) is 0 Å². The van der Waals surface area contributed by atoms with Crippen LogP contribution in [0.3, 0.4) is 0 Å². The second-order valence-electron chi connectivity index (χ2n) is 6.92. The summed E-state index contributed by atoms with van der Waals surface area (Å²) in [6.45, 7) is 3.83. The average Bonchev–Trinajstić information content (AvgIpc) is 2.61. The lowest BCUT2D eigenvalue weighted by atomic mass is 9.81. The molecule has 1 fully saturated rings. The van der Waals surface area contributed by atoms with Crippen molar-refractivity contribution in [1.82, 2.24) is 5.32 Å². The van der Waals surface area contributed by atoms with Gasteiger partial charge in [0.05, 0.1) is 7.11 Å². The number of carbonyl (C=O) groups excluding carboxylic acids is 3. The van der Waals surface area contributed by atoms with E-state index in [0.29, 0.717) is 18.4 Å². The fourth-order valence-electron chi connectivity index (χ4n) is 3.46. The largest absolute Gasteiger partial charge is 0.467 e. The summed E-state index contributed by atoms with van der Waals surface area (Å²) < 4.78 is 4.90. The maximum atomic E-state index is 12.4. The summed E-state index contributed by atoms with van der Waals surface area (Å²) in [5, 5.41) is 2.85. The standard InChI is InChI=1S/C20H27NO4/c1-14-7-8-15(2)16(13-14)17(22)9-10-18(23)21-20(19(24)25-3)11-5-4-6-12-20/h7-8,13H,4-6,9-12H2,1-3H3,(H,21,23). The van der Waals surface area contributed by atoms with Crippen LogP contribution in [0.4, 0.5) is 0 Å². The lowest BCUT2D eigenvalue weighted by molar-refractivity contribution is -0.152. The molecular weight excluding hydrogens is 318 g/mol. The molecule has 136 valence electrons. The Labute approximate surface area is 149 Å². The van der Waals surface area contributed by atoms with Crippen molar-refractivity contribution >= 4 is 17.7 Å². The van der Waals surface area contributed by atoms with E-state index in [-0.39, 0.29) is 30.5 Å². The molecule has 0 unspecified atom stereocenters. The molecule has 1 saturated carbocycles. The number of hydrogen-bond acceptors (Lipinski definition) is 4. The number of Topliss-reactive ketones (excluding diaryl/α,β-unsaturated/α-hetero) is 1. The SMILES string of the molecule is COC(=O)C1(NC(=O)CCC(=O)c2cc(C)ccc2C)CCCCC1. The van der Waals surface area contributed by atoms with Crippen molar-refractivity contribution in [3.05, 3.63) is 34.9 Å². The summed E-state index contributed by atoms with van der Waals surface area (Å²) in [6.07, 6.45) is 4.22. The van der Waals surface area contributed by atoms with Crippen molar-refractivity contribution in [3.63, 3.8) is 0 Å². The third-order valence-corrected chi connectivity index (χ3v) is 4.93. The fourth-order valence-corrected chi connectivity index (χ4v) is 3.46. The molecule has 0 spiro atoms. The predicted octanol–water partition coefficient (Wildman–Crippen LogP) is 3.26. The molecule has 0 radical (unpaired) electrons. The van der Waals surface area contributed by atoms with Gasteiger partial charge in [-0.15, -0.1) is 0 Å². The number of nitrogens with one attached hydrogen (secondary N) is 1. The highest BCUT2D eigenvalue weighted by molar-refractivity contribution is 5.99. The van der Waals surface area contributed by atoms with Crippen LogP contribution in [0.1, 0.15) is 66.4 Å². The molecular formula is C20H27NO4. The molecule has 25 heavy (non-hydrogen) atoms. The van der Waals surface area contributed by atoms with Gasteiger partial charge in [0.15, 0.2) is 5.78 Å². The molecule has 0 bridgehead atoms. The van der Waals surface area contributed by atoms with E-state index >= 15 is 0 Å². The summed E-state index contributed by atoms with van der Waals surface area (Å²) in [7, 11) is 1.34. The Morgan fingerprint density at radius 1 is 1.08 bits per heavy atom. The molecule has 0 heterocycles. The Kier molecular flexibility index (Phi) is 6.34. The maximum absolute atomic E-state index is 12.4. The Morgan fingerprint density at radius 3 is 2.40 bits per heavy atom. The lowest BCUT2D eigenvalue weighted by Crippen LogP contribution is -2.56. The number of methoxy groups -OCH3 is 1. The van der Waals surface area contributed by atoms with E-state index in [1.807, 2.05) is 32.0 Å². The van der Waals surface area contributed by atoms with E-state index in [1.165, 1.54) is 7.11 Å². The second-order valence-corrected chi connectivity index (χ2v) is 6.92. The number of rotatable bonds is 6. The zero-order valence-corrected chi connectivity index (χ0v) is 15.3. The Bertz CT molecular complexity index is 660. The minimum Gasteiger partial charge on any atom is -0.467 e. The topological polar surface area (TPSA) is 72.5 Å². The number of ketones is 1. The molecule has 1 aliphatic carbocycles. The first kappa shape index (κ1) is 19.2. The van der Waals surface area contributed by atoms with E-state index in [2.05, 4.69) is 5.32 Å². The first-order chi connectivity index (χ1) is 11.9. The van der Waals surface area contributed by atoms with Crippen LogP contribution in [0.5, 0.6) is 0 Å². The smallest absolute Gasteiger partial charge is 0.331 e. The van der Waals surface area contributed by atoms with Gasteiger partial charge >= 0.3 is 5.97 Å². The first-order valence-electron chi connectivity index (χ1n) is 8.88. The number of aryl methyl sites for hydroxylation is 2. The predicted molar refractivity (Wildman–Crippen MR) is 95.5 cm³/mol. The highest BCUT2D eigenvalue weighted by Gasteiger charge is 2.41. The third kappa shape index (κ3) is 4.68. The quantitative estimate of drug-likeness (QED) is 0.634. The molecule has 0 aliphatic heterocycles. The van der Waals surface area contributed by atoms with E-state index in [0.717, 1.165) is 30.4 Å². The van der Waals surface area contributed by atoms with Crippen molar-refractivity contribution in [2.75, 3.05) is 7.11 Å². The molecule has 1 N–H and O–H groups in total. The van der Waals surface area contributed by atoms with Crippen molar-refractivity contribution in [2.24, 2.45) is 0 Å². The molecule has 1 aliphatic rings. The van der Waals surface area contributed by atoms with Gasteiger partial charge in [0, 0.05) is 18.4 Å². The Balaban J connectivity index is 1.98. The van der Waals surface area contributed by atoms with E-state index in [9.17, 15) is 14.4 Å². The number of carbonyl (C=O) groups is 3. The maximum Gasteiger partial charge on any atom is 0.331 e. The van der Waals surface area contributed by atoms with Gasteiger partial charge in [-0.2, -0.15) is 0 Å². The number of esters is 1. The lowest BCUT2D eigenvalue weighted by Gasteiger charge is -2.35. The summed E-state index contributed by atoms with van der Waals surface area (Å²) >= 11 is 0. The van der Waals surface area contributed by atoms with Gasteiger partial charge in [-0.3, -0.25) is 9.59 Å². The molecule has 1 aromatic carbocycles. The number of amides is 1. The fraction of sp³-hybridized carbons (Fsp3) is 0.550. The monoisotopic (exact) mass is 345 g/mol. The van der Waals surface area contributed by atoms with Gasteiger partial charge in [0.2, 0.25) is 5.91 Å². The normalized spacial score (nSPS) is 16.1.